The fraction of sp³-hybridized carbons (Fsp3) is 0.364. The molecule has 1 aromatic carbocycles. The second kappa shape index (κ2) is 7.32. The molecule has 0 atom stereocenters. The summed E-state index contributed by atoms with van der Waals surface area (Å²) >= 11 is 0. The molecule has 4 N–H and O–H groups in total. The monoisotopic (exact) mass is 335 g/mol. The van der Waals surface area contributed by atoms with Crippen LogP contribution in [0, 0.1) is 6.92 Å². The number of hydrogen-bond donors (Lipinski definition) is 2. The molecule has 16 heavy (non-hydrogen) atoms. The summed E-state index contributed by atoms with van der Waals surface area (Å²) in [5.41, 5.74) is 12.8. The van der Waals surface area contributed by atoms with Crippen molar-refractivity contribution >= 4 is 29.9 Å². The van der Waals surface area contributed by atoms with E-state index in [9.17, 15) is 0 Å². The van der Waals surface area contributed by atoms with E-state index in [2.05, 4.69) is 11.1 Å². The van der Waals surface area contributed by atoms with Crippen LogP contribution in [-0.2, 0) is 6.42 Å². The number of aryl methyl sites for hydroxylation is 1. The number of halogens is 1. The Hall–Kier alpha value is -0.980. The summed E-state index contributed by atoms with van der Waals surface area (Å²) in [5.74, 6) is 1.03. The van der Waals surface area contributed by atoms with Crippen molar-refractivity contribution < 1.29 is 4.74 Å². The lowest BCUT2D eigenvalue weighted by molar-refractivity contribution is 0.411. The molecule has 0 aliphatic heterocycles. The third-order valence-electron chi connectivity index (χ3n) is 2.17. The highest BCUT2D eigenvalue weighted by Gasteiger charge is 1.99. The molecule has 0 aliphatic rings. The molecule has 0 fully saturated rings. The zero-order chi connectivity index (χ0) is 11.3. The summed E-state index contributed by atoms with van der Waals surface area (Å²) < 4.78 is 5.23. The van der Waals surface area contributed by atoms with Gasteiger partial charge >= 0.3 is 0 Å². The van der Waals surface area contributed by atoms with Crippen molar-refractivity contribution in [3.05, 3.63) is 29.3 Å². The van der Waals surface area contributed by atoms with E-state index in [1.807, 2.05) is 19.1 Å². The van der Waals surface area contributed by atoms with Gasteiger partial charge in [0.1, 0.15) is 5.75 Å². The Morgan fingerprint density at radius 2 is 2.06 bits per heavy atom. The molecule has 90 valence electrons. The first-order valence-corrected chi connectivity index (χ1v) is 4.82. The van der Waals surface area contributed by atoms with Crippen molar-refractivity contribution in [1.29, 1.82) is 0 Å². The van der Waals surface area contributed by atoms with Crippen LogP contribution in [0.5, 0.6) is 5.75 Å². The van der Waals surface area contributed by atoms with Gasteiger partial charge in [-0.15, -0.1) is 24.0 Å². The Morgan fingerprint density at radius 1 is 1.38 bits per heavy atom. The van der Waals surface area contributed by atoms with E-state index in [4.69, 9.17) is 16.2 Å². The topological polar surface area (TPSA) is 73.6 Å². The van der Waals surface area contributed by atoms with E-state index < -0.39 is 0 Å². The van der Waals surface area contributed by atoms with Crippen LogP contribution >= 0.6 is 24.0 Å². The van der Waals surface area contributed by atoms with E-state index in [1.54, 1.807) is 7.11 Å². The molecule has 0 bridgehead atoms. The quantitative estimate of drug-likeness (QED) is 0.497. The van der Waals surface area contributed by atoms with Crippen molar-refractivity contribution in [3.63, 3.8) is 0 Å². The minimum Gasteiger partial charge on any atom is -0.496 e. The van der Waals surface area contributed by atoms with Crippen molar-refractivity contribution in [2.45, 2.75) is 13.3 Å². The molecule has 4 nitrogen and oxygen atoms in total. The standard InChI is InChI=1S/C11H17N3O.HI/c1-8-3-4-9(7-10(8)15-2)5-6-14-11(12)13;/h3-4,7H,5-6H2,1-2H3,(H4,12,13,14);1H. The fourth-order valence-electron chi connectivity index (χ4n) is 1.33. The molecule has 0 spiro atoms. The molecule has 1 aromatic rings. The van der Waals surface area contributed by atoms with Crippen LogP contribution in [0.25, 0.3) is 0 Å². The maximum absolute atomic E-state index is 5.24. The number of nitrogens with zero attached hydrogens (tertiary/aromatic N) is 1. The second-order valence-electron chi connectivity index (χ2n) is 3.36. The van der Waals surface area contributed by atoms with Crippen molar-refractivity contribution in [3.8, 4) is 5.75 Å². The van der Waals surface area contributed by atoms with Gasteiger partial charge in [0.15, 0.2) is 5.96 Å². The number of methoxy groups -OCH3 is 1. The molecule has 1 rings (SSSR count). The number of benzene rings is 1. The van der Waals surface area contributed by atoms with Gasteiger partial charge in [-0.3, -0.25) is 4.99 Å². The Balaban J connectivity index is 0.00000225. The molecule has 0 saturated carbocycles. The Kier molecular flexibility index (Phi) is 6.87. The summed E-state index contributed by atoms with van der Waals surface area (Å²) in [6, 6.07) is 6.10. The van der Waals surface area contributed by atoms with Crippen LogP contribution in [-0.4, -0.2) is 19.6 Å². The highest BCUT2D eigenvalue weighted by atomic mass is 127. The second-order valence-corrected chi connectivity index (χ2v) is 3.36. The van der Waals surface area contributed by atoms with Gasteiger partial charge in [0.25, 0.3) is 0 Å². The molecular formula is C11H18IN3O. The molecule has 5 heteroatoms. The number of rotatable bonds is 4. The summed E-state index contributed by atoms with van der Waals surface area (Å²) in [7, 11) is 1.67. The Morgan fingerprint density at radius 3 is 2.62 bits per heavy atom. The molecule has 0 aliphatic carbocycles. The predicted molar refractivity (Wildman–Crippen MR) is 77.5 cm³/mol. The number of nitrogens with two attached hydrogens (primary N) is 2. The average molecular weight is 335 g/mol. The first-order chi connectivity index (χ1) is 7.13. The summed E-state index contributed by atoms with van der Waals surface area (Å²) in [6.45, 7) is 2.62. The minimum atomic E-state index is 0. The van der Waals surface area contributed by atoms with Gasteiger partial charge in [0.05, 0.1) is 7.11 Å². The minimum absolute atomic E-state index is 0. The lowest BCUT2D eigenvalue weighted by Crippen LogP contribution is -2.23. The van der Waals surface area contributed by atoms with Crippen LogP contribution in [0.2, 0.25) is 0 Å². The SMILES string of the molecule is COc1cc(CCN=C(N)N)ccc1C.I. The van der Waals surface area contributed by atoms with Gasteiger partial charge in [-0.05, 0) is 30.5 Å². The largest absolute Gasteiger partial charge is 0.496 e. The molecular weight excluding hydrogens is 317 g/mol. The molecule has 0 radical (unpaired) electrons. The Labute approximate surface area is 113 Å². The van der Waals surface area contributed by atoms with Crippen LogP contribution in [0.3, 0.4) is 0 Å². The third kappa shape index (κ3) is 4.69. The van der Waals surface area contributed by atoms with Gasteiger partial charge in [-0.2, -0.15) is 0 Å². The summed E-state index contributed by atoms with van der Waals surface area (Å²) in [4.78, 5) is 3.93. The van der Waals surface area contributed by atoms with Gasteiger partial charge in [0.2, 0.25) is 0 Å². The molecule has 0 saturated heterocycles. The van der Waals surface area contributed by atoms with Crippen molar-refractivity contribution in [1.82, 2.24) is 0 Å². The molecule has 0 aromatic heterocycles. The predicted octanol–water partition coefficient (Wildman–Crippen LogP) is 1.44. The van der Waals surface area contributed by atoms with Gasteiger partial charge < -0.3 is 16.2 Å². The first-order valence-electron chi connectivity index (χ1n) is 4.82. The third-order valence-corrected chi connectivity index (χ3v) is 2.17. The smallest absolute Gasteiger partial charge is 0.185 e. The first kappa shape index (κ1) is 15.0. The zero-order valence-electron chi connectivity index (χ0n) is 9.56. The number of guanidine groups is 1. The van der Waals surface area contributed by atoms with E-state index in [0.717, 1.165) is 17.7 Å². The highest BCUT2D eigenvalue weighted by Crippen LogP contribution is 2.19. The number of aliphatic imine (C=N–C) groups is 1. The van der Waals surface area contributed by atoms with Crippen molar-refractivity contribution in [2.75, 3.05) is 13.7 Å². The summed E-state index contributed by atoms with van der Waals surface area (Å²) in [6.07, 6.45) is 0.814. The Bertz CT molecular complexity index is 362. The zero-order valence-corrected chi connectivity index (χ0v) is 11.9. The van der Waals surface area contributed by atoms with E-state index in [1.165, 1.54) is 5.56 Å². The average Bonchev–Trinajstić information content (AvgIpc) is 2.20. The normalized spacial score (nSPS) is 9.12. The fourth-order valence-corrected chi connectivity index (χ4v) is 1.33. The lowest BCUT2D eigenvalue weighted by atomic mass is 10.1. The van der Waals surface area contributed by atoms with Crippen LogP contribution < -0.4 is 16.2 Å². The van der Waals surface area contributed by atoms with Crippen LogP contribution in [0.4, 0.5) is 0 Å². The lowest BCUT2D eigenvalue weighted by Gasteiger charge is -2.06. The van der Waals surface area contributed by atoms with Crippen molar-refractivity contribution in [2.24, 2.45) is 16.5 Å². The molecule has 0 heterocycles. The van der Waals surface area contributed by atoms with E-state index in [0.29, 0.717) is 6.54 Å². The van der Waals surface area contributed by atoms with Crippen LogP contribution in [0.15, 0.2) is 23.2 Å². The van der Waals surface area contributed by atoms with Gasteiger partial charge in [0, 0.05) is 6.54 Å². The number of ether oxygens (including phenoxy) is 1. The molecule has 0 amide bonds. The molecule has 0 unspecified atom stereocenters. The summed E-state index contributed by atoms with van der Waals surface area (Å²) in [5, 5.41) is 0. The number of hydrogen-bond acceptors (Lipinski definition) is 2. The van der Waals surface area contributed by atoms with E-state index in [-0.39, 0.29) is 29.9 Å². The van der Waals surface area contributed by atoms with E-state index >= 15 is 0 Å². The maximum Gasteiger partial charge on any atom is 0.185 e. The van der Waals surface area contributed by atoms with Gasteiger partial charge in [-0.25, -0.2) is 0 Å². The highest BCUT2D eigenvalue weighted by molar-refractivity contribution is 14.0. The van der Waals surface area contributed by atoms with Gasteiger partial charge in [-0.1, -0.05) is 12.1 Å². The van der Waals surface area contributed by atoms with Crippen LogP contribution in [0.1, 0.15) is 11.1 Å². The maximum atomic E-state index is 5.24.